The van der Waals surface area contributed by atoms with Crippen molar-refractivity contribution in [2.75, 3.05) is 5.32 Å². The van der Waals surface area contributed by atoms with Crippen LogP contribution in [-0.4, -0.2) is 21.8 Å². The number of halogens is 2. The van der Waals surface area contributed by atoms with Crippen LogP contribution in [0.25, 0.3) is 0 Å². The van der Waals surface area contributed by atoms with Gasteiger partial charge in [0.05, 0.1) is 5.69 Å². The lowest BCUT2D eigenvalue weighted by Gasteiger charge is -2.05. The van der Waals surface area contributed by atoms with E-state index in [4.69, 9.17) is 5.11 Å². The minimum Gasteiger partial charge on any atom is -0.476 e. The Morgan fingerprint density at radius 1 is 1.29 bits per heavy atom. The van der Waals surface area contributed by atoms with Gasteiger partial charge in [0.1, 0.15) is 16.5 Å². The van der Waals surface area contributed by atoms with Crippen molar-refractivity contribution < 1.29 is 23.5 Å². The summed E-state index contributed by atoms with van der Waals surface area (Å²) in [4.78, 5) is 26.0. The number of carboxylic acids is 1. The van der Waals surface area contributed by atoms with E-state index in [0.29, 0.717) is 0 Å². The number of Topliss-reactive ketones (excluding diaryl/α,β-unsaturated/α-hetero) is 1. The van der Waals surface area contributed by atoms with Crippen LogP contribution in [0.1, 0.15) is 32.6 Å². The fraction of sp³-hybridized carbons (Fsp3) is 0.154. The summed E-state index contributed by atoms with van der Waals surface area (Å²) in [7, 11) is 0. The highest BCUT2D eigenvalue weighted by Gasteiger charge is 2.21. The Balaban J connectivity index is 2.41. The number of thiazole rings is 1. The molecule has 8 heteroatoms. The molecule has 0 radical (unpaired) electrons. The summed E-state index contributed by atoms with van der Waals surface area (Å²) in [6.07, 6.45) is 0. The highest BCUT2D eigenvalue weighted by atomic mass is 32.1. The van der Waals surface area contributed by atoms with E-state index in [1.165, 1.54) is 13.8 Å². The second-order valence-electron chi connectivity index (χ2n) is 4.26. The number of hydrogen-bond acceptors (Lipinski definition) is 5. The van der Waals surface area contributed by atoms with Crippen molar-refractivity contribution >= 4 is 33.9 Å². The van der Waals surface area contributed by atoms with Crippen LogP contribution in [0.15, 0.2) is 12.1 Å². The van der Waals surface area contributed by atoms with Crippen molar-refractivity contribution in [3.8, 4) is 0 Å². The molecule has 0 aliphatic carbocycles. The molecule has 0 spiro atoms. The topological polar surface area (TPSA) is 79.3 Å². The Kier molecular flexibility index (Phi) is 3.99. The number of ketones is 1. The molecule has 21 heavy (non-hydrogen) atoms. The smallest absolute Gasteiger partial charge is 0.356 e. The maximum atomic E-state index is 13.7. The number of rotatable bonds is 4. The Morgan fingerprint density at radius 2 is 1.95 bits per heavy atom. The predicted octanol–water partition coefficient (Wildman–Crippen LogP) is 3.37. The number of nitrogens with one attached hydrogen (secondary N) is 1. The van der Waals surface area contributed by atoms with Crippen molar-refractivity contribution in [2.45, 2.75) is 13.8 Å². The van der Waals surface area contributed by atoms with Gasteiger partial charge in [-0.05, 0) is 18.6 Å². The van der Waals surface area contributed by atoms with Crippen molar-refractivity contribution in [3.63, 3.8) is 0 Å². The molecular formula is C13H10F2N2O3S. The first-order valence-electron chi connectivity index (χ1n) is 5.77. The quantitative estimate of drug-likeness (QED) is 0.846. The summed E-state index contributed by atoms with van der Waals surface area (Å²) in [5.74, 6) is -3.14. The second kappa shape index (κ2) is 5.57. The highest BCUT2D eigenvalue weighted by molar-refractivity contribution is 7.17. The van der Waals surface area contributed by atoms with Crippen molar-refractivity contribution in [1.82, 2.24) is 4.98 Å². The Bertz CT molecular complexity index is 712. The van der Waals surface area contributed by atoms with E-state index in [9.17, 15) is 18.4 Å². The Morgan fingerprint density at radius 3 is 2.48 bits per heavy atom. The lowest BCUT2D eigenvalue weighted by molar-refractivity contribution is 0.0687. The van der Waals surface area contributed by atoms with Crippen molar-refractivity contribution in [3.05, 3.63) is 39.9 Å². The number of aromatic carboxylic acids is 1. The molecule has 1 aromatic carbocycles. The summed E-state index contributed by atoms with van der Waals surface area (Å²) < 4.78 is 27.1. The van der Waals surface area contributed by atoms with Gasteiger partial charge in [-0.2, -0.15) is 0 Å². The van der Waals surface area contributed by atoms with Crippen molar-refractivity contribution in [2.24, 2.45) is 0 Å². The molecule has 110 valence electrons. The lowest BCUT2D eigenvalue weighted by Crippen LogP contribution is -2.04. The maximum Gasteiger partial charge on any atom is 0.356 e. The zero-order valence-electron chi connectivity index (χ0n) is 11.0. The van der Waals surface area contributed by atoms with Crippen LogP contribution in [0.5, 0.6) is 0 Å². The van der Waals surface area contributed by atoms with E-state index < -0.39 is 29.1 Å². The van der Waals surface area contributed by atoms with Crippen LogP contribution in [0.3, 0.4) is 0 Å². The van der Waals surface area contributed by atoms with Gasteiger partial charge in [0.15, 0.2) is 16.6 Å². The first-order valence-corrected chi connectivity index (χ1v) is 6.59. The second-order valence-corrected chi connectivity index (χ2v) is 5.26. The van der Waals surface area contributed by atoms with Crippen LogP contribution in [0.2, 0.25) is 0 Å². The number of carboxylic acid groups (broad SMARTS) is 1. The molecule has 0 amide bonds. The molecule has 0 saturated heterocycles. The van der Waals surface area contributed by atoms with Crippen LogP contribution < -0.4 is 5.32 Å². The molecule has 0 saturated carbocycles. The lowest BCUT2D eigenvalue weighted by atomic mass is 10.2. The molecule has 2 N–H and O–H groups in total. The number of aromatic nitrogens is 1. The summed E-state index contributed by atoms with van der Waals surface area (Å²) in [5.41, 5.74) is -0.449. The highest BCUT2D eigenvalue weighted by Crippen LogP contribution is 2.28. The zero-order chi connectivity index (χ0) is 15.7. The monoisotopic (exact) mass is 312 g/mol. The molecule has 2 aromatic rings. The maximum absolute atomic E-state index is 13.7. The minimum atomic E-state index is -1.36. The number of carbonyl (C=O) groups excluding carboxylic acids is 1. The average molecular weight is 312 g/mol. The first-order chi connectivity index (χ1) is 9.79. The van der Waals surface area contributed by atoms with Gasteiger partial charge in [-0.3, -0.25) is 4.79 Å². The van der Waals surface area contributed by atoms with Gasteiger partial charge in [0.25, 0.3) is 0 Å². The van der Waals surface area contributed by atoms with Crippen LogP contribution in [0.4, 0.5) is 19.6 Å². The number of anilines is 2. The van der Waals surface area contributed by atoms with Gasteiger partial charge >= 0.3 is 5.97 Å². The third-order valence-electron chi connectivity index (χ3n) is 2.64. The van der Waals surface area contributed by atoms with E-state index in [0.717, 1.165) is 23.5 Å². The molecule has 0 atom stereocenters. The minimum absolute atomic E-state index is 0.000229. The molecule has 0 fully saturated rings. The predicted molar refractivity (Wildman–Crippen MR) is 73.5 cm³/mol. The number of aryl methyl sites for hydroxylation is 1. The number of carbonyl (C=O) groups is 2. The summed E-state index contributed by atoms with van der Waals surface area (Å²) in [6, 6.07) is 1.95. The third-order valence-corrected chi connectivity index (χ3v) is 3.71. The van der Waals surface area contributed by atoms with E-state index in [-0.39, 0.29) is 21.3 Å². The molecule has 0 unspecified atom stereocenters. The van der Waals surface area contributed by atoms with Crippen LogP contribution in [0, 0.1) is 18.6 Å². The normalized spacial score (nSPS) is 10.5. The average Bonchev–Trinajstić information content (AvgIpc) is 2.80. The fourth-order valence-electron chi connectivity index (χ4n) is 1.61. The van der Waals surface area contributed by atoms with E-state index >= 15 is 0 Å². The van der Waals surface area contributed by atoms with Gasteiger partial charge in [0.2, 0.25) is 0 Å². The van der Waals surface area contributed by atoms with Crippen LogP contribution in [-0.2, 0) is 0 Å². The van der Waals surface area contributed by atoms with Gasteiger partial charge in [-0.1, -0.05) is 11.3 Å². The number of hydrogen-bond donors (Lipinski definition) is 2. The van der Waals surface area contributed by atoms with Gasteiger partial charge in [-0.15, -0.1) is 0 Å². The fourth-order valence-corrected chi connectivity index (χ4v) is 2.48. The number of nitrogens with zero attached hydrogens (tertiary/aromatic N) is 1. The molecule has 0 aliphatic heterocycles. The first kappa shape index (κ1) is 15.0. The zero-order valence-corrected chi connectivity index (χ0v) is 11.8. The number of benzene rings is 1. The summed E-state index contributed by atoms with van der Waals surface area (Å²) in [5, 5.41) is 11.4. The Labute approximate surface area is 122 Å². The molecule has 0 bridgehead atoms. The van der Waals surface area contributed by atoms with Crippen LogP contribution >= 0.6 is 11.3 Å². The van der Waals surface area contributed by atoms with Gasteiger partial charge in [-0.25, -0.2) is 18.6 Å². The molecule has 2 rings (SSSR count). The third kappa shape index (κ3) is 3.05. The molecule has 0 aliphatic rings. The van der Waals surface area contributed by atoms with E-state index in [2.05, 4.69) is 10.3 Å². The molecule has 5 nitrogen and oxygen atoms in total. The van der Waals surface area contributed by atoms with E-state index in [1.54, 1.807) is 0 Å². The molecular weight excluding hydrogens is 302 g/mol. The largest absolute Gasteiger partial charge is 0.476 e. The van der Waals surface area contributed by atoms with E-state index in [1.807, 2.05) is 0 Å². The molecule has 1 aromatic heterocycles. The van der Waals surface area contributed by atoms with Gasteiger partial charge in [0, 0.05) is 13.0 Å². The SMILES string of the molecule is CC(=O)c1sc(Nc2cc(F)c(C)cc2F)nc1C(=O)O. The molecule has 1 heterocycles. The van der Waals surface area contributed by atoms with Crippen molar-refractivity contribution in [1.29, 1.82) is 0 Å². The summed E-state index contributed by atoms with van der Waals surface area (Å²) >= 11 is 0.768. The standard InChI is InChI=1S/C13H10F2N2O3S/c1-5-3-8(15)9(4-7(5)14)16-13-17-10(12(19)20)11(21-13)6(2)18/h3-4H,1-2H3,(H,16,17)(H,19,20). The Hall–Kier alpha value is -2.35. The summed E-state index contributed by atoms with van der Waals surface area (Å²) in [6.45, 7) is 2.62. The van der Waals surface area contributed by atoms with Gasteiger partial charge < -0.3 is 10.4 Å².